The minimum Gasteiger partial charge on any atom is -0.508 e. The number of carbonyl (C=O) groups is 5. The topological polar surface area (TPSA) is 235 Å². The Labute approximate surface area is 425 Å². The van der Waals surface area contributed by atoms with Crippen LogP contribution >= 0.6 is 0 Å². The molecule has 4 aromatic rings. The molecule has 0 bridgehead atoms. The van der Waals surface area contributed by atoms with E-state index in [-0.39, 0.29) is 66.2 Å². The maximum absolute atomic E-state index is 13.9. The Bertz CT molecular complexity index is 2830. The van der Waals surface area contributed by atoms with Crippen LogP contribution in [0.3, 0.4) is 0 Å². The Balaban J connectivity index is 0.836. The molecule has 5 heterocycles. The predicted molar refractivity (Wildman–Crippen MR) is 274 cm³/mol. The number of phenolic OH excluding ortho intramolecular Hbond substituents is 2. The van der Waals surface area contributed by atoms with E-state index in [1.165, 1.54) is 12.1 Å². The maximum Gasteiger partial charge on any atom is 0.417 e. The molecule has 4 aliphatic rings. The fraction of sp³-hybridized carbons (Fsp3) is 0.426. The van der Waals surface area contributed by atoms with Gasteiger partial charge >= 0.3 is 6.09 Å². The predicted octanol–water partition coefficient (Wildman–Crippen LogP) is 5.31. The SMILES string of the molecule is C=C/C(NC(=O)Oc1c(C)cc(N2CCN(C(=O)C3CCN(Cc4ccc(-n5c(C(=O)NCC)nnc5-c5cc(C(C)C)c(O)cc5O)cc4)CC3)CC2)cc1C)=C1/CN(C2CCC(=O)NC2=O)C(O)/C1=C/C. The molecule has 8 rings (SSSR count). The van der Waals surface area contributed by atoms with Gasteiger partial charge < -0.3 is 35.2 Å². The number of hydrogen-bond acceptors (Lipinski definition) is 14. The van der Waals surface area contributed by atoms with E-state index in [2.05, 4.69) is 42.5 Å². The number of aryl methyl sites for hydroxylation is 2. The number of piperidine rings is 2. The first-order valence-corrected chi connectivity index (χ1v) is 25.0. The normalized spacial score (nSPS) is 20.4. The first-order valence-electron chi connectivity index (χ1n) is 25.0. The number of phenols is 2. The van der Waals surface area contributed by atoms with E-state index in [1.54, 1.807) is 28.5 Å². The minimum absolute atomic E-state index is 0.0255. The third-order valence-corrected chi connectivity index (χ3v) is 14.3. The Hall–Kier alpha value is -7.35. The summed E-state index contributed by atoms with van der Waals surface area (Å²) in [6, 6.07) is 14.0. The number of anilines is 1. The van der Waals surface area contributed by atoms with Crippen molar-refractivity contribution in [3.05, 3.63) is 112 Å². The number of imide groups is 1. The number of carbonyl (C=O) groups excluding carboxylic acids is 5. The van der Waals surface area contributed by atoms with Gasteiger partial charge in [-0.25, -0.2) is 4.79 Å². The number of nitrogens with zero attached hydrogens (tertiary/aromatic N) is 7. The molecule has 5 amide bonds. The molecule has 19 nitrogen and oxygen atoms in total. The van der Waals surface area contributed by atoms with E-state index in [9.17, 15) is 39.3 Å². The molecule has 386 valence electrons. The molecular weight excluding hydrogens is 933 g/mol. The molecule has 0 spiro atoms. The number of rotatable bonds is 13. The van der Waals surface area contributed by atoms with Gasteiger partial charge in [-0.3, -0.25) is 44.2 Å². The highest BCUT2D eigenvalue weighted by Crippen LogP contribution is 2.39. The zero-order valence-corrected chi connectivity index (χ0v) is 42.4. The number of nitrogens with one attached hydrogen (secondary N) is 3. The molecule has 4 fully saturated rings. The van der Waals surface area contributed by atoms with Crippen molar-refractivity contribution in [2.24, 2.45) is 5.92 Å². The Morgan fingerprint density at radius 2 is 1.60 bits per heavy atom. The first-order chi connectivity index (χ1) is 35.0. The Morgan fingerprint density at radius 3 is 2.22 bits per heavy atom. The molecule has 2 unspecified atom stereocenters. The average Bonchev–Trinajstić information content (AvgIpc) is 3.95. The van der Waals surface area contributed by atoms with Crippen molar-refractivity contribution in [1.82, 2.24) is 45.4 Å². The van der Waals surface area contributed by atoms with Crippen molar-refractivity contribution in [2.75, 3.05) is 57.3 Å². The number of aliphatic hydroxyl groups is 1. The van der Waals surface area contributed by atoms with Crippen molar-refractivity contribution < 1.29 is 44.0 Å². The lowest BCUT2D eigenvalue weighted by Crippen LogP contribution is -2.53. The molecule has 0 radical (unpaired) electrons. The smallest absolute Gasteiger partial charge is 0.417 e. The number of benzene rings is 3. The number of hydrogen-bond donors (Lipinski definition) is 6. The lowest BCUT2D eigenvalue weighted by molar-refractivity contribution is -0.140. The maximum atomic E-state index is 13.9. The van der Waals surface area contributed by atoms with Crippen LogP contribution in [0, 0.1) is 19.8 Å². The van der Waals surface area contributed by atoms with Crippen LogP contribution < -0.4 is 25.6 Å². The Kier molecular flexibility index (Phi) is 15.8. The summed E-state index contributed by atoms with van der Waals surface area (Å²) in [5, 5.41) is 49.0. The number of ether oxygens (including phenoxy) is 1. The molecule has 19 heteroatoms. The fourth-order valence-corrected chi connectivity index (χ4v) is 10.4. The number of aromatic hydroxyl groups is 2. The number of piperazine rings is 1. The number of aromatic nitrogens is 3. The summed E-state index contributed by atoms with van der Waals surface area (Å²) in [5.41, 5.74) is 6.61. The van der Waals surface area contributed by atoms with Gasteiger partial charge in [0, 0.05) is 81.3 Å². The number of allylic oxidation sites excluding steroid dienone is 2. The molecule has 0 aliphatic carbocycles. The number of aliphatic hydroxyl groups excluding tert-OH is 1. The van der Waals surface area contributed by atoms with Gasteiger partial charge in [0.15, 0.2) is 5.82 Å². The molecule has 73 heavy (non-hydrogen) atoms. The summed E-state index contributed by atoms with van der Waals surface area (Å²) in [4.78, 5) is 73.0. The molecule has 4 aliphatic heterocycles. The highest BCUT2D eigenvalue weighted by molar-refractivity contribution is 6.00. The minimum atomic E-state index is -1.12. The highest BCUT2D eigenvalue weighted by atomic mass is 16.6. The second-order valence-corrected chi connectivity index (χ2v) is 19.4. The van der Waals surface area contributed by atoms with Gasteiger partial charge in [-0.15, -0.1) is 10.2 Å². The summed E-state index contributed by atoms with van der Waals surface area (Å²) >= 11 is 0. The standard InChI is InChI=1S/C54H66N10O9/c1-8-38-41(30-63(53(38)71)43-15-16-46(67)57-50(43)68)42(9-2)56-54(72)73-47-32(6)25-37(26-33(47)7)61-21-23-62(24-22-61)52(70)35-17-19-60(20-18-35)29-34-11-13-36(14-12-34)64-48(58-59-49(64)51(69)55-10-3)40-27-39(31(4)5)44(65)28-45(40)66/h8-9,11-14,25-28,31,35,43,53,65-66,71H,2,10,15-24,29-30H2,1,3-7H3,(H,55,69)(H,56,72)(H,57,67,68)/b38-8+,42-41+. The second-order valence-electron chi connectivity index (χ2n) is 19.4. The highest BCUT2D eigenvalue weighted by Gasteiger charge is 2.42. The van der Waals surface area contributed by atoms with Crippen LogP contribution in [0.4, 0.5) is 10.5 Å². The van der Waals surface area contributed by atoms with Gasteiger partial charge in [0.1, 0.15) is 23.5 Å². The van der Waals surface area contributed by atoms with Crippen LogP contribution in [0.5, 0.6) is 17.2 Å². The van der Waals surface area contributed by atoms with Crippen molar-refractivity contribution in [1.29, 1.82) is 0 Å². The van der Waals surface area contributed by atoms with Gasteiger partial charge in [0.25, 0.3) is 5.91 Å². The van der Waals surface area contributed by atoms with Crippen LogP contribution in [0.25, 0.3) is 17.1 Å². The summed E-state index contributed by atoms with van der Waals surface area (Å²) < 4.78 is 7.49. The van der Waals surface area contributed by atoms with Crippen molar-refractivity contribution in [3.8, 4) is 34.3 Å². The third kappa shape index (κ3) is 11.0. The first kappa shape index (κ1) is 52.0. The molecule has 1 aromatic heterocycles. The van der Waals surface area contributed by atoms with Gasteiger partial charge in [0.2, 0.25) is 23.5 Å². The van der Waals surface area contributed by atoms with Crippen LogP contribution in [-0.4, -0.2) is 139 Å². The third-order valence-electron chi connectivity index (χ3n) is 14.3. The van der Waals surface area contributed by atoms with Crippen LogP contribution in [0.1, 0.15) is 92.2 Å². The lowest BCUT2D eigenvalue weighted by atomic mass is 9.94. The fourth-order valence-electron chi connectivity index (χ4n) is 10.4. The zero-order valence-electron chi connectivity index (χ0n) is 42.4. The molecule has 4 saturated heterocycles. The van der Waals surface area contributed by atoms with Crippen LogP contribution in [0.2, 0.25) is 0 Å². The Morgan fingerprint density at radius 1 is 0.918 bits per heavy atom. The van der Waals surface area contributed by atoms with E-state index >= 15 is 0 Å². The summed E-state index contributed by atoms with van der Waals surface area (Å²) in [6.07, 6.45) is 3.29. The largest absolute Gasteiger partial charge is 0.508 e. The van der Waals surface area contributed by atoms with Crippen molar-refractivity contribution in [3.63, 3.8) is 0 Å². The van der Waals surface area contributed by atoms with Gasteiger partial charge in [0.05, 0.1) is 11.6 Å². The van der Waals surface area contributed by atoms with E-state index in [0.29, 0.717) is 78.7 Å². The number of likely N-dealkylation sites (tertiary alicyclic amines) is 2. The second kappa shape index (κ2) is 22.2. The molecule has 3 aromatic carbocycles. The zero-order chi connectivity index (χ0) is 52.2. The molecule has 0 saturated carbocycles. The van der Waals surface area contributed by atoms with Crippen molar-refractivity contribution in [2.45, 2.75) is 92.0 Å². The van der Waals surface area contributed by atoms with Gasteiger partial charge in [-0.2, -0.15) is 0 Å². The quantitative estimate of drug-likeness (QED) is 0.0933. The average molecular weight is 999 g/mol. The number of amides is 5. The van der Waals surface area contributed by atoms with Crippen LogP contribution in [0.15, 0.2) is 84.1 Å². The monoisotopic (exact) mass is 999 g/mol. The summed E-state index contributed by atoms with van der Waals surface area (Å²) in [7, 11) is 0. The van der Waals surface area contributed by atoms with E-state index in [4.69, 9.17) is 4.74 Å². The van der Waals surface area contributed by atoms with Crippen LogP contribution in [-0.2, 0) is 20.9 Å². The van der Waals surface area contributed by atoms with Gasteiger partial charge in [-0.05, 0) is 136 Å². The molecule has 6 N–H and O–H groups in total. The summed E-state index contributed by atoms with van der Waals surface area (Å²) in [5.74, 6) is -0.591. The van der Waals surface area contributed by atoms with E-state index in [0.717, 1.165) is 48.3 Å². The molecular formula is C54H66N10O9. The summed E-state index contributed by atoms with van der Waals surface area (Å²) in [6.45, 7) is 20.4. The van der Waals surface area contributed by atoms with Crippen molar-refractivity contribution >= 4 is 35.4 Å². The van der Waals surface area contributed by atoms with E-state index < -0.39 is 30.2 Å². The lowest BCUT2D eigenvalue weighted by Gasteiger charge is -2.39. The van der Waals surface area contributed by atoms with Gasteiger partial charge in [-0.1, -0.05) is 38.6 Å². The van der Waals surface area contributed by atoms with E-state index in [1.807, 2.05) is 75.9 Å². The molecule has 2 atom stereocenters.